The summed E-state index contributed by atoms with van der Waals surface area (Å²) in [4.78, 5) is 4.71. The maximum absolute atomic E-state index is 5.99. The highest BCUT2D eigenvalue weighted by Crippen LogP contribution is 2.37. The van der Waals surface area contributed by atoms with E-state index in [0.29, 0.717) is 18.1 Å². The lowest BCUT2D eigenvalue weighted by Gasteiger charge is -2.12. The average Bonchev–Trinajstić information content (AvgIpc) is 3.38. The summed E-state index contributed by atoms with van der Waals surface area (Å²) in [5.74, 6) is 2.88. The van der Waals surface area contributed by atoms with Gasteiger partial charge < -0.3 is 18.9 Å². The van der Waals surface area contributed by atoms with Crippen LogP contribution in [-0.4, -0.2) is 18.9 Å². The molecular formula is C22H17NO4S. The van der Waals surface area contributed by atoms with Crippen molar-refractivity contribution in [3.8, 4) is 33.6 Å². The van der Waals surface area contributed by atoms with Gasteiger partial charge in [0.25, 0.3) is 0 Å². The molecule has 6 heteroatoms. The molecule has 4 aromatic rings. The maximum Gasteiger partial charge on any atom is 0.231 e. The summed E-state index contributed by atoms with van der Waals surface area (Å²) in [7, 11) is 1.64. The summed E-state index contributed by atoms with van der Waals surface area (Å²) in [6.45, 7) is 0.675. The van der Waals surface area contributed by atoms with E-state index in [-0.39, 0.29) is 6.79 Å². The van der Waals surface area contributed by atoms with E-state index in [1.807, 2.05) is 54.6 Å². The Morgan fingerprint density at radius 2 is 1.86 bits per heavy atom. The molecule has 0 amide bonds. The van der Waals surface area contributed by atoms with Gasteiger partial charge in [0.2, 0.25) is 6.79 Å². The van der Waals surface area contributed by atoms with E-state index >= 15 is 0 Å². The zero-order chi connectivity index (χ0) is 18.9. The van der Waals surface area contributed by atoms with E-state index in [2.05, 4.69) is 6.07 Å². The van der Waals surface area contributed by atoms with Crippen molar-refractivity contribution < 1.29 is 18.9 Å². The summed E-state index contributed by atoms with van der Waals surface area (Å²) in [5.41, 5.74) is 3.01. The molecule has 0 bridgehead atoms. The van der Waals surface area contributed by atoms with Crippen LogP contribution in [0.1, 0.15) is 5.56 Å². The zero-order valence-corrected chi connectivity index (χ0v) is 16.0. The highest BCUT2D eigenvalue weighted by Gasteiger charge is 2.14. The van der Waals surface area contributed by atoms with Gasteiger partial charge in [-0.1, -0.05) is 18.2 Å². The fraction of sp³-hybridized carbons (Fsp3) is 0.136. The molecule has 0 saturated heterocycles. The molecule has 0 fully saturated rings. The molecule has 1 aromatic heterocycles. The van der Waals surface area contributed by atoms with Gasteiger partial charge in [0.15, 0.2) is 23.0 Å². The fourth-order valence-corrected chi connectivity index (χ4v) is 4.07. The Kier molecular flexibility index (Phi) is 4.25. The van der Waals surface area contributed by atoms with Crippen molar-refractivity contribution in [1.29, 1.82) is 0 Å². The summed E-state index contributed by atoms with van der Waals surface area (Å²) in [5, 5.41) is 0.960. The molecule has 0 N–H and O–H groups in total. The molecule has 2 heterocycles. The maximum atomic E-state index is 5.99. The second-order valence-corrected chi connectivity index (χ2v) is 7.36. The Hall–Kier alpha value is -3.25. The van der Waals surface area contributed by atoms with E-state index in [1.54, 1.807) is 18.4 Å². The third kappa shape index (κ3) is 3.12. The highest BCUT2D eigenvalue weighted by molar-refractivity contribution is 7.21. The van der Waals surface area contributed by atoms with Gasteiger partial charge >= 0.3 is 0 Å². The number of nitrogens with zero attached hydrogens (tertiary/aromatic N) is 1. The minimum atomic E-state index is 0.265. The van der Waals surface area contributed by atoms with Crippen LogP contribution < -0.4 is 18.9 Å². The van der Waals surface area contributed by atoms with Gasteiger partial charge in [-0.05, 0) is 48.0 Å². The highest BCUT2D eigenvalue weighted by atomic mass is 32.1. The topological polar surface area (TPSA) is 49.8 Å². The van der Waals surface area contributed by atoms with Crippen molar-refractivity contribution in [2.45, 2.75) is 6.61 Å². The smallest absolute Gasteiger partial charge is 0.231 e. The largest absolute Gasteiger partial charge is 0.493 e. The SMILES string of the molecule is COc1cc(-c2nc3ccccc3s2)ccc1OCc1ccc2c(c1)OCO2. The summed E-state index contributed by atoms with van der Waals surface area (Å²) in [6.07, 6.45) is 0. The van der Waals surface area contributed by atoms with Crippen LogP contribution in [0.4, 0.5) is 0 Å². The van der Waals surface area contributed by atoms with Gasteiger partial charge in [-0.2, -0.15) is 0 Å². The Morgan fingerprint density at radius 3 is 2.75 bits per heavy atom. The van der Waals surface area contributed by atoms with Crippen LogP contribution in [-0.2, 0) is 6.61 Å². The van der Waals surface area contributed by atoms with E-state index < -0.39 is 0 Å². The van der Waals surface area contributed by atoms with Crippen LogP contribution >= 0.6 is 11.3 Å². The normalized spacial score (nSPS) is 12.3. The van der Waals surface area contributed by atoms with E-state index in [4.69, 9.17) is 23.9 Å². The van der Waals surface area contributed by atoms with E-state index in [1.165, 1.54) is 4.70 Å². The molecule has 0 unspecified atom stereocenters. The van der Waals surface area contributed by atoms with Crippen LogP contribution in [0.2, 0.25) is 0 Å². The lowest BCUT2D eigenvalue weighted by atomic mass is 10.2. The quantitative estimate of drug-likeness (QED) is 0.463. The molecule has 1 aliphatic heterocycles. The molecule has 140 valence electrons. The summed E-state index contributed by atoms with van der Waals surface area (Å²) < 4.78 is 23.5. The zero-order valence-electron chi connectivity index (χ0n) is 15.2. The van der Waals surface area contributed by atoms with Gasteiger partial charge in [0.05, 0.1) is 17.3 Å². The number of hydrogen-bond donors (Lipinski definition) is 0. The molecule has 0 radical (unpaired) electrons. The second-order valence-electron chi connectivity index (χ2n) is 6.33. The van der Waals surface area contributed by atoms with Crippen LogP contribution in [0.25, 0.3) is 20.8 Å². The second kappa shape index (κ2) is 7.05. The molecule has 0 aliphatic carbocycles. The van der Waals surface area contributed by atoms with Crippen molar-refractivity contribution in [2.24, 2.45) is 0 Å². The fourth-order valence-electron chi connectivity index (χ4n) is 3.11. The summed E-state index contributed by atoms with van der Waals surface area (Å²) in [6, 6.07) is 19.8. The minimum Gasteiger partial charge on any atom is -0.493 e. The van der Waals surface area contributed by atoms with Crippen molar-refractivity contribution >= 4 is 21.6 Å². The van der Waals surface area contributed by atoms with Crippen molar-refractivity contribution in [3.05, 3.63) is 66.2 Å². The van der Waals surface area contributed by atoms with Gasteiger partial charge in [0, 0.05) is 5.56 Å². The summed E-state index contributed by atoms with van der Waals surface area (Å²) >= 11 is 1.66. The van der Waals surface area contributed by atoms with Crippen LogP contribution in [0.5, 0.6) is 23.0 Å². The Morgan fingerprint density at radius 1 is 0.964 bits per heavy atom. The van der Waals surface area contributed by atoms with Crippen LogP contribution in [0.15, 0.2) is 60.7 Å². The van der Waals surface area contributed by atoms with E-state index in [9.17, 15) is 0 Å². The number of rotatable bonds is 5. The van der Waals surface area contributed by atoms with Crippen LogP contribution in [0.3, 0.4) is 0 Å². The van der Waals surface area contributed by atoms with E-state index in [0.717, 1.165) is 33.2 Å². The number of para-hydroxylation sites is 1. The molecule has 3 aromatic carbocycles. The van der Waals surface area contributed by atoms with Crippen molar-refractivity contribution in [1.82, 2.24) is 4.98 Å². The lowest BCUT2D eigenvalue weighted by molar-refractivity contribution is 0.174. The number of methoxy groups -OCH3 is 1. The molecule has 0 saturated carbocycles. The Balaban J connectivity index is 1.38. The number of hydrogen-bond acceptors (Lipinski definition) is 6. The third-order valence-corrected chi connectivity index (χ3v) is 5.62. The Labute approximate surface area is 166 Å². The number of fused-ring (bicyclic) bond motifs is 2. The molecule has 28 heavy (non-hydrogen) atoms. The standard InChI is InChI=1S/C22H17NO4S/c1-24-19-11-15(22-23-16-4-2-3-5-21(16)28-22)7-9-17(19)25-12-14-6-8-18-20(10-14)27-13-26-18/h2-11H,12-13H2,1H3. The minimum absolute atomic E-state index is 0.265. The molecule has 0 atom stereocenters. The molecular weight excluding hydrogens is 374 g/mol. The number of benzene rings is 3. The monoisotopic (exact) mass is 391 g/mol. The molecule has 5 nitrogen and oxygen atoms in total. The van der Waals surface area contributed by atoms with Crippen molar-refractivity contribution in [3.63, 3.8) is 0 Å². The predicted octanol–water partition coefficient (Wildman–Crippen LogP) is 5.28. The van der Waals surface area contributed by atoms with Gasteiger partial charge in [-0.25, -0.2) is 4.98 Å². The average molecular weight is 391 g/mol. The molecule has 0 spiro atoms. The molecule has 1 aliphatic rings. The van der Waals surface area contributed by atoms with Crippen molar-refractivity contribution in [2.75, 3.05) is 13.9 Å². The molecule has 5 rings (SSSR count). The number of thiazole rings is 1. The van der Waals surface area contributed by atoms with Gasteiger partial charge in [-0.15, -0.1) is 11.3 Å². The first-order chi connectivity index (χ1) is 13.8. The Bertz CT molecular complexity index is 1120. The van der Waals surface area contributed by atoms with Gasteiger partial charge in [0.1, 0.15) is 11.6 Å². The first-order valence-corrected chi connectivity index (χ1v) is 9.67. The third-order valence-electron chi connectivity index (χ3n) is 4.54. The lowest BCUT2D eigenvalue weighted by Crippen LogP contribution is -1.98. The van der Waals surface area contributed by atoms with Gasteiger partial charge in [-0.3, -0.25) is 0 Å². The number of ether oxygens (including phenoxy) is 4. The first kappa shape index (κ1) is 16.9. The van der Waals surface area contributed by atoms with Crippen LogP contribution in [0, 0.1) is 0 Å². The first-order valence-electron chi connectivity index (χ1n) is 8.85. The predicted molar refractivity (Wildman–Crippen MR) is 109 cm³/mol. The number of aromatic nitrogens is 1.